The molecule has 1 N–H and O–H groups in total. The van der Waals surface area contributed by atoms with E-state index in [0.717, 1.165) is 12.1 Å². The summed E-state index contributed by atoms with van der Waals surface area (Å²) in [6, 6.07) is 2.73. The lowest BCUT2D eigenvalue weighted by Gasteiger charge is -2.21. The zero-order valence-corrected chi connectivity index (χ0v) is 9.10. The van der Waals surface area contributed by atoms with Crippen molar-refractivity contribution in [3.05, 3.63) is 35.4 Å². The Morgan fingerprint density at radius 1 is 1.31 bits per heavy atom. The van der Waals surface area contributed by atoms with Gasteiger partial charge in [0.05, 0.1) is 11.5 Å². The van der Waals surface area contributed by atoms with Crippen molar-refractivity contribution in [1.82, 2.24) is 0 Å². The quantitative estimate of drug-likeness (QED) is 0.805. The van der Waals surface area contributed by atoms with Crippen molar-refractivity contribution in [2.24, 2.45) is 0 Å². The molecule has 1 unspecified atom stereocenters. The topological polar surface area (TPSA) is 54.4 Å². The Hall–Kier alpha value is -1.01. The molecule has 0 aliphatic carbocycles. The molecule has 1 aliphatic heterocycles. The maximum Gasteiger partial charge on any atom is 0.153 e. The van der Waals surface area contributed by atoms with E-state index in [1.165, 1.54) is 0 Å². The van der Waals surface area contributed by atoms with E-state index in [1.54, 1.807) is 0 Å². The molecule has 1 heterocycles. The summed E-state index contributed by atoms with van der Waals surface area (Å²) in [7, 11) is -3.34. The molecule has 1 fully saturated rings. The highest BCUT2D eigenvalue weighted by Gasteiger charge is 2.43. The number of benzene rings is 1. The van der Waals surface area contributed by atoms with Gasteiger partial charge in [-0.15, -0.1) is 0 Å². The highest BCUT2D eigenvalue weighted by Crippen LogP contribution is 2.34. The van der Waals surface area contributed by atoms with Crippen molar-refractivity contribution >= 4 is 9.84 Å². The fourth-order valence-electron chi connectivity index (χ4n) is 1.91. The molecule has 1 aromatic rings. The van der Waals surface area contributed by atoms with E-state index in [0.29, 0.717) is 6.07 Å². The molecule has 6 heteroatoms. The van der Waals surface area contributed by atoms with E-state index >= 15 is 0 Å². The van der Waals surface area contributed by atoms with Crippen LogP contribution in [0.25, 0.3) is 0 Å². The van der Waals surface area contributed by atoms with Gasteiger partial charge in [0, 0.05) is 11.6 Å². The second kappa shape index (κ2) is 3.49. The minimum atomic E-state index is -3.34. The lowest BCUT2D eigenvalue weighted by molar-refractivity contribution is 0.0613. The Balaban J connectivity index is 2.45. The fourth-order valence-corrected chi connectivity index (χ4v) is 3.73. The van der Waals surface area contributed by atoms with Crippen LogP contribution in [0.4, 0.5) is 8.78 Å². The predicted octanol–water partition coefficient (Wildman–Crippen LogP) is 0.971. The van der Waals surface area contributed by atoms with Crippen LogP contribution in [0.3, 0.4) is 0 Å². The third kappa shape index (κ3) is 1.94. The number of hydrogen-bond donors (Lipinski definition) is 1. The Labute approximate surface area is 91.6 Å². The first-order valence-electron chi connectivity index (χ1n) is 4.71. The molecular weight excluding hydrogens is 238 g/mol. The van der Waals surface area contributed by atoms with Gasteiger partial charge < -0.3 is 5.11 Å². The summed E-state index contributed by atoms with van der Waals surface area (Å²) < 4.78 is 48.6. The lowest BCUT2D eigenvalue weighted by atomic mass is 9.93. The Morgan fingerprint density at radius 2 is 2.00 bits per heavy atom. The summed E-state index contributed by atoms with van der Waals surface area (Å²) in [5, 5.41) is 10.0. The highest BCUT2D eigenvalue weighted by atomic mass is 32.2. The molecule has 1 saturated heterocycles. The minimum Gasteiger partial charge on any atom is -0.384 e. The molecule has 0 amide bonds. The van der Waals surface area contributed by atoms with Crippen molar-refractivity contribution < 1.29 is 22.3 Å². The van der Waals surface area contributed by atoms with Crippen LogP contribution in [-0.2, 0) is 15.4 Å². The Bertz CT molecular complexity index is 527. The van der Waals surface area contributed by atoms with Crippen molar-refractivity contribution in [2.75, 3.05) is 11.5 Å². The van der Waals surface area contributed by atoms with Crippen LogP contribution in [0, 0.1) is 11.6 Å². The van der Waals surface area contributed by atoms with Crippen LogP contribution in [0.15, 0.2) is 18.2 Å². The fraction of sp³-hybridized carbons (Fsp3) is 0.400. The van der Waals surface area contributed by atoms with E-state index in [9.17, 15) is 22.3 Å². The summed E-state index contributed by atoms with van der Waals surface area (Å²) >= 11 is 0. The third-order valence-electron chi connectivity index (χ3n) is 2.72. The van der Waals surface area contributed by atoms with Gasteiger partial charge in [-0.1, -0.05) is 6.07 Å². The average Bonchev–Trinajstić information content (AvgIpc) is 2.41. The van der Waals surface area contributed by atoms with Crippen LogP contribution in [0.1, 0.15) is 12.0 Å². The molecule has 0 radical (unpaired) electrons. The van der Waals surface area contributed by atoms with Crippen LogP contribution in [0.5, 0.6) is 0 Å². The molecule has 1 aromatic carbocycles. The largest absolute Gasteiger partial charge is 0.384 e. The van der Waals surface area contributed by atoms with Crippen molar-refractivity contribution in [2.45, 2.75) is 12.0 Å². The summed E-state index contributed by atoms with van der Waals surface area (Å²) in [6.07, 6.45) is -0.0577. The van der Waals surface area contributed by atoms with Crippen LogP contribution < -0.4 is 0 Å². The summed E-state index contributed by atoms with van der Waals surface area (Å²) in [6.45, 7) is 0. The van der Waals surface area contributed by atoms with Gasteiger partial charge in [0.2, 0.25) is 0 Å². The van der Waals surface area contributed by atoms with Crippen molar-refractivity contribution in [1.29, 1.82) is 0 Å². The van der Waals surface area contributed by atoms with E-state index in [2.05, 4.69) is 0 Å². The molecule has 0 spiro atoms. The number of aliphatic hydroxyl groups is 1. The van der Waals surface area contributed by atoms with Crippen LogP contribution in [-0.4, -0.2) is 25.0 Å². The van der Waals surface area contributed by atoms with Crippen molar-refractivity contribution in [3.8, 4) is 0 Å². The van der Waals surface area contributed by atoms with Gasteiger partial charge in [-0.3, -0.25) is 0 Å². The van der Waals surface area contributed by atoms with Gasteiger partial charge in [0.15, 0.2) is 9.84 Å². The molecule has 88 valence electrons. The molecule has 16 heavy (non-hydrogen) atoms. The molecule has 3 nitrogen and oxygen atoms in total. The second-order valence-electron chi connectivity index (χ2n) is 4.00. The average molecular weight is 248 g/mol. The van der Waals surface area contributed by atoms with Crippen molar-refractivity contribution in [3.63, 3.8) is 0 Å². The molecule has 1 atom stereocenters. The first-order valence-corrected chi connectivity index (χ1v) is 6.53. The molecule has 1 aliphatic rings. The first kappa shape index (κ1) is 11.5. The van der Waals surface area contributed by atoms with Gasteiger partial charge in [-0.2, -0.15) is 0 Å². The van der Waals surface area contributed by atoms with Gasteiger partial charge in [-0.25, -0.2) is 17.2 Å². The molecule has 0 saturated carbocycles. The second-order valence-corrected chi connectivity index (χ2v) is 6.18. The normalized spacial score (nSPS) is 28.2. The highest BCUT2D eigenvalue weighted by molar-refractivity contribution is 7.91. The van der Waals surface area contributed by atoms with E-state index in [1.807, 2.05) is 0 Å². The van der Waals surface area contributed by atoms with E-state index in [4.69, 9.17) is 0 Å². The molecular formula is C10H10F2O3S. The SMILES string of the molecule is O=S1(=O)CCC(O)(c2ccc(F)cc2F)C1. The minimum absolute atomic E-state index is 0.0577. The number of halogens is 2. The smallest absolute Gasteiger partial charge is 0.153 e. The third-order valence-corrected chi connectivity index (χ3v) is 4.46. The monoisotopic (exact) mass is 248 g/mol. The van der Waals surface area contributed by atoms with Gasteiger partial charge in [0.25, 0.3) is 0 Å². The number of rotatable bonds is 1. The molecule has 2 rings (SSSR count). The summed E-state index contributed by atoms with van der Waals surface area (Å²) in [5.74, 6) is -2.37. The van der Waals surface area contributed by atoms with E-state index < -0.39 is 32.8 Å². The van der Waals surface area contributed by atoms with Crippen LogP contribution in [0.2, 0.25) is 0 Å². The number of hydrogen-bond acceptors (Lipinski definition) is 3. The molecule has 0 aromatic heterocycles. The zero-order chi connectivity index (χ0) is 12.0. The Morgan fingerprint density at radius 3 is 2.50 bits per heavy atom. The molecule has 0 bridgehead atoms. The number of sulfone groups is 1. The summed E-state index contributed by atoms with van der Waals surface area (Å²) in [4.78, 5) is 0. The van der Waals surface area contributed by atoms with E-state index in [-0.39, 0.29) is 17.7 Å². The maximum atomic E-state index is 13.4. The van der Waals surface area contributed by atoms with Crippen LogP contribution >= 0.6 is 0 Å². The Kier molecular flexibility index (Phi) is 2.51. The predicted molar refractivity (Wildman–Crippen MR) is 53.5 cm³/mol. The van der Waals surface area contributed by atoms with Gasteiger partial charge in [-0.05, 0) is 12.5 Å². The van der Waals surface area contributed by atoms with Gasteiger partial charge in [0.1, 0.15) is 17.2 Å². The lowest BCUT2D eigenvalue weighted by Crippen LogP contribution is -2.28. The van der Waals surface area contributed by atoms with Gasteiger partial charge >= 0.3 is 0 Å². The maximum absolute atomic E-state index is 13.4. The first-order chi connectivity index (χ1) is 7.32. The summed E-state index contributed by atoms with van der Waals surface area (Å²) in [5.41, 5.74) is -1.88. The standard InChI is InChI=1S/C10H10F2O3S/c11-7-1-2-8(9(12)5-7)10(13)3-4-16(14,15)6-10/h1-2,5,13H,3-4,6H2. The zero-order valence-electron chi connectivity index (χ0n) is 8.28.